The van der Waals surface area contributed by atoms with Gasteiger partial charge in [-0.15, -0.1) is 24.8 Å². The van der Waals surface area contributed by atoms with Crippen LogP contribution in [0.3, 0.4) is 0 Å². The van der Waals surface area contributed by atoms with Gasteiger partial charge in [0.2, 0.25) is 0 Å². The largest absolute Gasteiger partial charge is 0.345 e. The average Bonchev–Trinajstić information content (AvgIpc) is 3.65. The summed E-state index contributed by atoms with van der Waals surface area (Å²) in [6, 6.07) is 10.3. The minimum Gasteiger partial charge on any atom is -0.345 e. The highest BCUT2D eigenvalue weighted by Crippen LogP contribution is 2.32. The van der Waals surface area contributed by atoms with Gasteiger partial charge in [0.25, 0.3) is 0 Å². The molecule has 2 aliphatic rings. The molecule has 1 aromatic carbocycles. The van der Waals surface area contributed by atoms with E-state index < -0.39 is 0 Å². The lowest BCUT2D eigenvalue weighted by Gasteiger charge is -2.31. The first kappa shape index (κ1) is 28.9. The number of carbonyl (C=O) groups excluding carboxylic acids is 1. The molecule has 39 heavy (non-hydrogen) atoms. The average molecular weight is 572 g/mol. The Bertz CT molecular complexity index is 1380. The Morgan fingerprint density at radius 2 is 1.77 bits per heavy atom. The van der Waals surface area contributed by atoms with Gasteiger partial charge in [-0.05, 0) is 56.4 Å². The lowest BCUT2D eigenvalue weighted by molar-refractivity contribution is 0.173. The lowest BCUT2D eigenvalue weighted by atomic mass is 9.96. The molecule has 1 N–H and O–H groups in total. The molecule has 6 rings (SSSR count). The number of hydrogen-bond donors (Lipinski definition) is 1. The first-order valence-corrected chi connectivity index (χ1v) is 13.2. The summed E-state index contributed by atoms with van der Waals surface area (Å²) in [6.07, 6.45) is 9.61. The molecule has 208 valence electrons. The quantitative estimate of drug-likeness (QED) is 0.342. The maximum atomic E-state index is 13.7. The van der Waals surface area contributed by atoms with E-state index in [4.69, 9.17) is 4.98 Å². The molecule has 2 fully saturated rings. The Morgan fingerprint density at radius 3 is 2.44 bits per heavy atom. The van der Waals surface area contributed by atoms with Crippen LogP contribution in [0.1, 0.15) is 26.7 Å². The van der Waals surface area contributed by atoms with E-state index in [1.807, 2.05) is 41.7 Å². The van der Waals surface area contributed by atoms with E-state index in [0.29, 0.717) is 17.7 Å². The van der Waals surface area contributed by atoms with Gasteiger partial charge in [-0.25, -0.2) is 19.3 Å². The Kier molecular flexibility index (Phi) is 8.83. The molecule has 0 saturated carbocycles. The number of fused-ring (bicyclic) bond motifs is 1. The third kappa shape index (κ3) is 5.62. The number of likely N-dealkylation sites (tertiary alicyclic amines) is 1. The van der Waals surface area contributed by atoms with Gasteiger partial charge < -0.3 is 14.8 Å². The third-order valence-electron chi connectivity index (χ3n) is 7.87. The number of aromatic amines is 1. The summed E-state index contributed by atoms with van der Waals surface area (Å²) in [4.78, 5) is 32.5. The molecule has 5 heterocycles. The van der Waals surface area contributed by atoms with Crippen LogP contribution in [0.4, 0.5) is 10.6 Å². The highest BCUT2D eigenvalue weighted by molar-refractivity contribution is 5.94. The number of piperidine rings is 1. The second kappa shape index (κ2) is 11.9. The van der Waals surface area contributed by atoms with Crippen LogP contribution in [-0.4, -0.2) is 79.7 Å². The molecular weight excluding hydrogens is 535 g/mol. The van der Waals surface area contributed by atoms with E-state index in [1.54, 1.807) is 10.7 Å². The summed E-state index contributed by atoms with van der Waals surface area (Å²) in [5.41, 5.74) is 3.72. The first-order chi connectivity index (χ1) is 18.0. The highest BCUT2D eigenvalue weighted by atomic mass is 35.5. The predicted octanol–water partition coefficient (Wildman–Crippen LogP) is 5.24. The fourth-order valence-electron chi connectivity index (χ4n) is 5.59. The molecule has 11 heteroatoms. The van der Waals surface area contributed by atoms with Crippen LogP contribution in [0.25, 0.3) is 28.2 Å². The number of aromatic nitrogens is 5. The van der Waals surface area contributed by atoms with Crippen LogP contribution >= 0.6 is 24.8 Å². The number of carbonyl (C=O) groups is 1. The number of urea groups is 1. The third-order valence-corrected chi connectivity index (χ3v) is 7.87. The highest BCUT2D eigenvalue weighted by Gasteiger charge is 2.41. The number of nitrogens with zero attached hydrogens (tertiary/aromatic N) is 7. The number of benzene rings is 1. The van der Waals surface area contributed by atoms with Crippen molar-refractivity contribution in [2.24, 2.45) is 11.8 Å². The van der Waals surface area contributed by atoms with Crippen LogP contribution in [-0.2, 0) is 0 Å². The van der Waals surface area contributed by atoms with Crippen molar-refractivity contribution in [2.75, 3.05) is 38.1 Å². The van der Waals surface area contributed by atoms with E-state index >= 15 is 0 Å². The molecular formula is C28H36Cl2N8O. The molecule has 4 aromatic rings. The molecule has 0 spiro atoms. The maximum absolute atomic E-state index is 13.7. The standard InChI is InChI=1S/C28H34N8O.2ClH/c1-19(2)24-18-34(17-20-8-13-33(3)14-9-20)28(37)36(24)25-10-15-35-27(32-25)23(16-31-35)21-4-6-22(7-5-21)26-29-11-12-30-26;;/h4-7,10-12,15-16,19-20,24H,8-9,13-14,17-18H2,1-3H3,(H,29,30);2*1H. The van der Waals surface area contributed by atoms with Crippen molar-refractivity contribution >= 4 is 42.3 Å². The Morgan fingerprint density at radius 1 is 1.05 bits per heavy atom. The molecule has 2 amide bonds. The Labute approximate surface area is 241 Å². The van der Waals surface area contributed by atoms with Gasteiger partial charge in [-0.2, -0.15) is 5.10 Å². The second-order valence-corrected chi connectivity index (χ2v) is 10.7. The van der Waals surface area contributed by atoms with Crippen molar-refractivity contribution in [3.05, 3.63) is 55.1 Å². The zero-order chi connectivity index (χ0) is 25.5. The zero-order valence-corrected chi connectivity index (χ0v) is 24.2. The normalized spacial score (nSPS) is 18.6. The zero-order valence-electron chi connectivity index (χ0n) is 22.5. The van der Waals surface area contributed by atoms with Gasteiger partial charge in [0.1, 0.15) is 11.6 Å². The van der Waals surface area contributed by atoms with Gasteiger partial charge in [0.15, 0.2) is 5.65 Å². The minimum absolute atomic E-state index is 0. The topological polar surface area (TPSA) is 85.7 Å². The number of halogens is 2. The van der Waals surface area contributed by atoms with Gasteiger partial charge in [0, 0.05) is 42.8 Å². The van der Waals surface area contributed by atoms with Gasteiger partial charge in [-0.3, -0.25) is 4.90 Å². The molecule has 1 unspecified atom stereocenters. The van der Waals surface area contributed by atoms with E-state index in [1.165, 1.54) is 0 Å². The maximum Gasteiger partial charge on any atom is 0.326 e. The fourth-order valence-corrected chi connectivity index (χ4v) is 5.59. The smallest absolute Gasteiger partial charge is 0.326 e. The van der Waals surface area contributed by atoms with Crippen LogP contribution in [0.5, 0.6) is 0 Å². The number of amides is 2. The summed E-state index contributed by atoms with van der Waals surface area (Å²) in [5, 5.41) is 4.52. The van der Waals surface area contributed by atoms with Crippen LogP contribution in [0, 0.1) is 11.8 Å². The molecule has 9 nitrogen and oxygen atoms in total. The van der Waals surface area contributed by atoms with E-state index in [0.717, 1.165) is 67.2 Å². The summed E-state index contributed by atoms with van der Waals surface area (Å²) in [7, 11) is 2.17. The molecule has 2 aliphatic heterocycles. The Balaban J connectivity index is 0.00000176. The number of nitrogens with one attached hydrogen (secondary N) is 1. The van der Waals surface area contributed by atoms with Gasteiger partial charge in [-0.1, -0.05) is 38.1 Å². The van der Waals surface area contributed by atoms with Crippen molar-refractivity contribution < 1.29 is 4.79 Å². The Hall–Kier alpha value is -3.14. The number of H-pyrrole nitrogens is 1. The van der Waals surface area contributed by atoms with Crippen LogP contribution < -0.4 is 4.90 Å². The minimum atomic E-state index is 0. The van der Waals surface area contributed by atoms with E-state index in [2.05, 4.69) is 57.9 Å². The fraction of sp³-hybridized carbons (Fsp3) is 0.429. The molecule has 0 aliphatic carbocycles. The number of rotatable bonds is 6. The van der Waals surface area contributed by atoms with Crippen molar-refractivity contribution in [3.63, 3.8) is 0 Å². The molecule has 2 saturated heterocycles. The number of imidazole rings is 1. The molecule has 1 atom stereocenters. The monoisotopic (exact) mass is 570 g/mol. The first-order valence-electron chi connectivity index (χ1n) is 13.2. The summed E-state index contributed by atoms with van der Waals surface area (Å²) >= 11 is 0. The van der Waals surface area contributed by atoms with Crippen molar-refractivity contribution in [2.45, 2.75) is 32.7 Å². The van der Waals surface area contributed by atoms with E-state index in [9.17, 15) is 4.79 Å². The summed E-state index contributed by atoms with van der Waals surface area (Å²) < 4.78 is 1.78. The predicted molar refractivity (Wildman–Crippen MR) is 159 cm³/mol. The van der Waals surface area contributed by atoms with Crippen LogP contribution in [0.15, 0.2) is 55.1 Å². The van der Waals surface area contributed by atoms with Gasteiger partial charge >= 0.3 is 6.03 Å². The lowest BCUT2D eigenvalue weighted by Crippen LogP contribution is -2.40. The second-order valence-electron chi connectivity index (χ2n) is 10.7. The van der Waals surface area contributed by atoms with Crippen molar-refractivity contribution in [3.8, 4) is 22.5 Å². The number of hydrogen-bond acceptors (Lipinski definition) is 5. The molecule has 0 radical (unpaired) electrons. The number of anilines is 1. The van der Waals surface area contributed by atoms with Crippen molar-refractivity contribution in [1.82, 2.24) is 34.4 Å². The van der Waals surface area contributed by atoms with Crippen LogP contribution in [0.2, 0.25) is 0 Å². The van der Waals surface area contributed by atoms with Crippen molar-refractivity contribution in [1.29, 1.82) is 0 Å². The van der Waals surface area contributed by atoms with E-state index in [-0.39, 0.29) is 36.9 Å². The summed E-state index contributed by atoms with van der Waals surface area (Å²) in [5.74, 6) is 2.41. The summed E-state index contributed by atoms with van der Waals surface area (Å²) in [6.45, 7) is 8.16. The molecule has 3 aromatic heterocycles. The SMILES string of the molecule is CC(C)C1CN(CC2CCN(C)CC2)C(=O)N1c1ccn2ncc(-c3ccc(-c4ncc[nH]4)cc3)c2n1.Cl.Cl. The molecule has 0 bridgehead atoms. The van der Waals surface area contributed by atoms with Gasteiger partial charge in [0.05, 0.1) is 12.2 Å².